The van der Waals surface area contributed by atoms with Crippen molar-refractivity contribution in [2.24, 2.45) is 7.05 Å². The molecule has 4 rings (SSSR count). The van der Waals surface area contributed by atoms with Crippen LogP contribution in [0.15, 0.2) is 42.7 Å². The normalized spacial score (nSPS) is 15.3. The highest BCUT2D eigenvalue weighted by Gasteiger charge is 2.18. The van der Waals surface area contributed by atoms with E-state index in [4.69, 9.17) is 9.72 Å². The molecule has 0 bridgehead atoms. The highest BCUT2D eigenvalue weighted by Crippen LogP contribution is 2.31. The molecular formula is C26H34N4O. The smallest absolute Gasteiger partial charge is 0.140 e. The minimum atomic E-state index is 0.00155. The standard InChI is InChI=1S/C26H34N4O/c1-26(2,3)24-16-20(11-12-27-24)25-28-22(18-29(25)4)19-9-10-21(23(15-19)31-5)17-30-13-7-6-8-14-30/h9-12,15-16,18H,6-8,13-14,17H2,1-5H3. The van der Waals surface area contributed by atoms with Crippen LogP contribution >= 0.6 is 0 Å². The third-order valence-electron chi connectivity index (χ3n) is 6.09. The summed E-state index contributed by atoms with van der Waals surface area (Å²) >= 11 is 0. The molecule has 0 saturated carbocycles. The minimum absolute atomic E-state index is 0.00155. The first-order chi connectivity index (χ1) is 14.8. The maximum absolute atomic E-state index is 5.75. The van der Waals surface area contributed by atoms with Crippen molar-refractivity contribution in [3.63, 3.8) is 0 Å². The lowest BCUT2D eigenvalue weighted by Crippen LogP contribution is -2.29. The average Bonchev–Trinajstić information content (AvgIpc) is 3.16. The van der Waals surface area contributed by atoms with E-state index in [0.29, 0.717) is 0 Å². The second-order valence-corrected chi connectivity index (χ2v) is 9.60. The van der Waals surface area contributed by atoms with Crippen LogP contribution in [0.25, 0.3) is 22.6 Å². The summed E-state index contributed by atoms with van der Waals surface area (Å²) in [4.78, 5) is 12.0. The molecular weight excluding hydrogens is 384 g/mol. The fourth-order valence-corrected chi connectivity index (χ4v) is 4.25. The predicted octanol–water partition coefficient (Wildman–Crippen LogP) is 5.44. The van der Waals surface area contributed by atoms with Crippen LogP contribution in [0.4, 0.5) is 0 Å². The molecule has 0 unspecified atom stereocenters. The minimum Gasteiger partial charge on any atom is -0.496 e. The van der Waals surface area contributed by atoms with Crippen LogP contribution in [0.1, 0.15) is 51.3 Å². The zero-order valence-corrected chi connectivity index (χ0v) is 19.5. The Kier molecular flexibility index (Phi) is 6.15. The highest BCUT2D eigenvalue weighted by molar-refractivity contribution is 5.67. The summed E-state index contributed by atoms with van der Waals surface area (Å²) in [6.45, 7) is 9.85. The summed E-state index contributed by atoms with van der Waals surface area (Å²) in [6, 6.07) is 10.7. The van der Waals surface area contributed by atoms with E-state index in [1.165, 1.54) is 37.9 Å². The second-order valence-electron chi connectivity index (χ2n) is 9.60. The molecule has 0 atom stereocenters. The Bertz CT molecular complexity index is 1040. The molecule has 3 heterocycles. The molecule has 1 aromatic carbocycles. The third kappa shape index (κ3) is 4.82. The molecule has 1 aliphatic rings. The largest absolute Gasteiger partial charge is 0.496 e. The molecule has 0 spiro atoms. The zero-order valence-electron chi connectivity index (χ0n) is 19.5. The lowest BCUT2D eigenvalue weighted by atomic mass is 9.91. The van der Waals surface area contributed by atoms with Gasteiger partial charge in [0.15, 0.2) is 0 Å². The lowest BCUT2D eigenvalue weighted by molar-refractivity contribution is 0.218. The molecule has 2 aromatic heterocycles. The fraction of sp³-hybridized carbons (Fsp3) is 0.462. The number of piperidine rings is 1. The molecule has 0 radical (unpaired) electrons. The van der Waals surface area contributed by atoms with Gasteiger partial charge in [-0.2, -0.15) is 0 Å². The van der Waals surface area contributed by atoms with Gasteiger partial charge in [-0.05, 0) is 44.1 Å². The van der Waals surface area contributed by atoms with Crippen molar-refractivity contribution >= 4 is 0 Å². The molecule has 5 nitrogen and oxygen atoms in total. The van der Waals surface area contributed by atoms with E-state index >= 15 is 0 Å². The van der Waals surface area contributed by atoms with Gasteiger partial charge in [0.2, 0.25) is 0 Å². The van der Waals surface area contributed by atoms with Gasteiger partial charge in [0.1, 0.15) is 11.6 Å². The topological polar surface area (TPSA) is 43.2 Å². The molecule has 31 heavy (non-hydrogen) atoms. The van der Waals surface area contributed by atoms with Crippen LogP contribution in [0.3, 0.4) is 0 Å². The molecule has 0 N–H and O–H groups in total. The number of methoxy groups -OCH3 is 1. The van der Waals surface area contributed by atoms with Crippen molar-refractivity contribution in [2.75, 3.05) is 20.2 Å². The molecule has 0 aliphatic carbocycles. The number of hydrogen-bond acceptors (Lipinski definition) is 4. The van der Waals surface area contributed by atoms with Gasteiger partial charge in [-0.15, -0.1) is 0 Å². The molecule has 0 amide bonds. The number of benzene rings is 1. The first-order valence-electron chi connectivity index (χ1n) is 11.2. The molecule has 1 fully saturated rings. The van der Waals surface area contributed by atoms with Crippen LogP contribution in [-0.4, -0.2) is 39.6 Å². The first-order valence-corrected chi connectivity index (χ1v) is 11.2. The van der Waals surface area contributed by atoms with Gasteiger partial charge >= 0.3 is 0 Å². The van der Waals surface area contributed by atoms with Crippen molar-refractivity contribution < 1.29 is 4.74 Å². The molecule has 5 heteroatoms. The highest BCUT2D eigenvalue weighted by atomic mass is 16.5. The van der Waals surface area contributed by atoms with Crippen LogP contribution in [0, 0.1) is 0 Å². The van der Waals surface area contributed by atoms with Crippen molar-refractivity contribution in [3.05, 3.63) is 54.0 Å². The van der Waals surface area contributed by atoms with Gasteiger partial charge in [0.25, 0.3) is 0 Å². The maximum Gasteiger partial charge on any atom is 0.140 e. The zero-order chi connectivity index (χ0) is 22.0. The van der Waals surface area contributed by atoms with Crippen LogP contribution in [0.5, 0.6) is 5.75 Å². The summed E-state index contributed by atoms with van der Waals surface area (Å²) in [5.41, 5.74) is 5.43. The third-order valence-corrected chi connectivity index (χ3v) is 6.09. The van der Waals surface area contributed by atoms with Crippen LogP contribution in [-0.2, 0) is 19.0 Å². The summed E-state index contributed by atoms with van der Waals surface area (Å²) < 4.78 is 7.84. The second kappa shape index (κ2) is 8.83. The number of aryl methyl sites for hydroxylation is 1. The summed E-state index contributed by atoms with van der Waals surface area (Å²) in [5.74, 6) is 1.88. The number of imidazole rings is 1. The van der Waals surface area contributed by atoms with E-state index < -0.39 is 0 Å². The number of hydrogen-bond donors (Lipinski definition) is 0. The Morgan fingerprint density at radius 2 is 1.77 bits per heavy atom. The van der Waals surface area contributed by atoms with Crippen molar-refractivity contribution in [2.45, 2.75) is 52.0 Å². The maximum atomic E-state index is 5.75. The van der Waals surface area contributed by atoms with Gasteiger partial charge < -0.3 is 9.30 Å². The first kappa shape index (κ1) is 21.6. The van der Waals surface area contributed by atoms with E-state index in [1.54, 1.807) is 7.11 Å². The van der Waals surface area contributed by atoms with Crippen molar-refractivity contribution in [1.82, 2.24) is 19.4 Å². The van der Waals surface area contributed by atoms with E-state index in [-0.39, 0.29) is 5.41 Å². The van der Waals surface area contributed by atoms with E-state index in [2.05, 4.69) is 65.7 Å². The molecule has 164 valence electrons. The van der Waals surface area contributed by atoms with Crippen molar-refractivity contribution in [1.29, 1.82) is 0 Å². The lowest BCUT2D eigenvalue weighted by Gasteiger charge is -2.27. The van der Waals surface area contributed by atoms with Gasteiger partial charge in [-0.3, -0.25) is 9.88 Å². The number of nitrogens with zero attached hydrogens (tertiary/aromatic N) is 4. The fourth-order valence-electron chi connectivity index (χ4n) is 4.25. The molecule has 3 aromatic rings. The van der Waals surface area contributed by atoms with Gasteiger partial charge in [0, 0.05) is 53.8 Å². The Morgan fingerprint density at radius 1 is 1.00 bits per heavy atom. The van der Waals surface area contributed by atoms with Crippen LogP contribution in [0.2, 0.25) is 0 Å². The Balaban J connectivity index is 1.62. The average molecular weight is 419 g/mol. The SMILES string of the molecule is COc1cc(-c2cn(C)c(-c3ccnc(C(C)(C)C)c3)n2)ccc1CN1CCCCC1. The Hall–Kier alpha value is -2.66. The van der Waals surface area contributed by atoms with E-state index in [9.17, 15) is 0 Å². The Morgan fingerprint density at radius 3 is 2.48 bits per heavy atom. The quantitative estimate of drug-likeness (QED) is 0.553. The number of aromatic nitrogens is 3. The van der Waals surface area contributed by atoms with Gasteiger partial charge in [0.05, 0.1) is 12.8 Å². The van der Waals surface area contributed by atoms with Crippen molar-refractivity contribution in [3.8, 4) is 28.4 Å². The summed E-state index contributed by atoms with van der Waals surface area (Å²) in [5, 5.41) is 0. The monoisotopic (exact) mass is 418 g/mol. The molecule has 1 aliphatic heterocycles. The van der Waals surface area contributed by atoms with E-state index in [1.807, 2.05) is 19.3 Å². The van der Waals surface area contributed by atoms with Gasteiger partial charge in [-0.25, -0.2) is 4.98 Å². The number of pyridine rings is 1. The number of rotatable bonds is 5. The molecule has 1 saturated heterocycles. The predicted molar refractivity (Wildman–Crippen MR) is 126 cm³/mol. The Labute approximate surface area is 186 Å². The van der Waals surface area contributed by atoms with E-state index in [0.717, 1.165) is 40.6 Å². The summed E-state index contributed by atoms with van der Waals surface area (Å²) in [7, 11) is 3.80. The number of likely N-dealkylation sites (tertiary alicyclic amines) is 1. The van der Waals surface area contributed by atoms with Crippen LogP contribution < -0.4 is 4.74 Å². The van der Waals surface area contributed by atoms with Gasteiger partial charge in [-0.1, -0.05) is 39.3 Å². The summed E-state index contributed by atoms with van der Waals surface area (Å²) in [6.07, 6.45) is 7.91. The number of ether oxygens (including phenoxy) is 1.